The van der Waals surface area contributed by atoms with Crippen molar-refractivity contribution in [3.8, 4) is 11.5 Å². The maximum atomic E-state index is 11.9. The molecule has 0 spiro atoms. The van der Waals surface area contributed by atoms with E-state index in [4.69, 9.17) is 9.47 Å². The topological polar surface area (TPSA) is 50.8 Å². The maximum absolute atomic E-state index is 11.9. The number of carbonyl (C=O) groups excluding carboxylic acids is 1. The molecule has 2 aromatic carbocycles. The van der Waals surface area contributed by atoms with Crippen LogP contribution in [-0.4, -0.2) is 37.2 Å². The Kier molecular flexibility index (Phi) is 8.25. The Bertz CT molecular complexity index is 676. The van der Waals surface area contributed by atoms with Crippen LogP contribution in [0.2, 0.25) is 0 Å². The highest BCUT2D eigenvalue weighted by molar-refractivity contribution is 5.85. The van der Waals surface area contributed by atoms with E-state index in [0.717, 1.165) is 25.4 Å². The molecule has 1 aliphatic rings. The van der Waals surface area contributed by atoms with Crippen molar-refractivity contribution in [2.24, 2.45) is 0 Å². The predicted molar refractivity (Wildman–Crippen MR) is 105 cm³/mol. The molecule has 2 aromatic rings. The van der Waals surface area contributed by atoms with Crippen LogP contribution in [0.5, 0.6) is 11.5 Å². The van der Waals surface area contributed by atoms with Crippen LogP contribution in [-0.2, 0) is 4.74 Å². The summed E-state index contributed by atoms with van der Waals surface area (Å²) < 4.78 is 11.0. The highest BCUT2D eigenvalue weighted by atomic mass is 35.5. The van der Waals surface area contributed by atoms with Crippen LogP contribution in [0.1, 0.15) is 19.3 Å². The number of benzene rings is 2. The van der Waals surface area contributed by atoms with Crippen molar-refractivity contribution in [2.75, 3.05) is 31.6 Å². The molecule has 0 radical (unpaired) electrons. The molecule has 0 aromatic heterocycles. The number of nitrogens with one attached hydrogen (secondary N) is 1. The van der Waals surface area contributed by atoms with Crippen molar-refractivity contribution in [2.45, 2.75) is 19.3 Å². The van der Waals surface area contributed by atoms with Crippen LogP contribution in [0.15, 0.2) is 54.6 Å². The second-order valence-corrected chi connectivity index (χ2v) is 6.11. The van der Waals surface area contributed by atoms with Gasteiger partial charge >= 0.3 is 6.09 Å². The molecule has 0 saturated carbocycles. The first-order valence-electron chi connectivity index (χ1n) is 8.79. The van der Waals surface area contributed by atoms with Gasteiger partial charge in [-0.05, 0) is 50.2 Å². The van der Waals surface area contributed by atoms with Crippen LogP contribution in [0.3, 0.4) is 0 Å². The van der Waals surface area contributed by atoms with Gasteiger partial charge in [0.05, 0.1) is 0 Å². The molecule has 0 aliphatic carbocycles. The Hall–Kier alpha value is -2.24. The van der Waals surface area contributed by atoms with Crippen molar-refractivity contribution in [1.29, 1.82) is 0 Å². The summed E-state index contributed by atoms with van der Waals surface area (Å²) in [6.07, 6.45) is 3.34. The largest absolute Gasteiger partial charge is 0.457 e. The zero-order valence-corrected chi connectivity index (χ0v) is 15.5. The van der Waals surface area contributed by atoms with E-state index in [0.29, 0.717) is 18.0 Å². The van der Waals surface area contributed by atoms with E-state index < -0.39 is 6.09 Å². The number of hydrogen-bond acceptors (Lipinski definition) is 4. The van der Waals surface area contributed by atoms with Gasteiger partial charge in [0.1, 0.15) is 18.1 Å². The van der Waals surface area contributed by atoms with E-state index in [2.05, 4.69) is 10.2 Å². The molecule has 1 amide bonds. The van der Waals surface area contributed by atoms with Crippen molar-refractivity contribution in [3.63, 3.8) is 0 Å². The summed E-state index contributed by atoms with van der Waals surface area (Å²) in [5.41, 5.74) is 0.649. The first-order valence-corrected chi connectivity index (χ1v) is 8.79. The lowest BCUT2D eigenvalue weighted by Gasteiger charge is -2.25. The Labute approximate surface area is 160 Å². The average molecular weight is 377 g/mol. The number of carbonyl (C=O) groups is 1. The number of para-hydroxylation sites is 1. The zero-order chi connectivity index (χ0) is 17.3. The van der Waals surface area contributed by atoms with E-state index >= 15 is 0 Å². The summed E-state index contributed by atoms with van der Waals surface area (Å²) in [7, 11) is 0. The molecule has 6 heteroatoms. The van der Waals surface area contributed by atoms with E-state index in [9.17, 15) is 4.79 Å². The fourth-order valence-corrected chi connectivity index (χ4v) is 2.87. The van der Waals surface area contributed by atoms with Gasteiger partial charge in [0.15, 0.2) is 0 Å². The molecule has 0 unspecified atom stereocenters. The second kappa shape index (κ2) is 10.7. The second-order valence-electron chi connectivity index (χ2n) is 6.11. The van der Waals surface area contributed by atoms with Gasteiger partial charge in [0.2, 0.25) is 0 Å². The predicted octanol–water partition coefficient (Wildman–Crippen LogP) is 4.94. The first kappa shape index (κ1) is 20.1. The Morgan fingerprint density at radius 1 is 0.962 bits per heavy atom. The third-order valence-electron chi connectivity index (χ3n) is 4.15. The molecular formula is C20H25ClN2O3. The van der Waals surface area contributed by atoms with Gasteiger partial charge in [-0.15, -0.1) is 12.4 Å². The van der Waals surface area contributed by atoms with Gasteiger partial charge in [-0.2, -0.15) is 0 Å². The Balaban J connectivity index is 0.00000243. The minimum atomic E-state index is -0.436. The molecule has 0 atom stereocenters. The van der Waals surface area contributed by atoms with E-state index in [-0.39, 0.29) is 12.4 Å². The summed E-state index contributed by atoms with van der Waals surface area (Å²) in [4.78, 5) is 14.3. The number of halogens is 1. The lowest BCUT2D eigenvalue weighted by Crippen LogP contribution is -2.33. The molecular weight excluding hydrogens is 352 g/mol. The molecule has 1 heterocycles. The van der Waals surface area contributed by atoms with Crippen LogP contribution in [0.4, 0.5) is 10.5 Å². The van der Waals surface area contributed by atoms with E-state index in [1.54, 1.807) is 6.07 Å². The zero-order valence-electron chi connectivity index (χ0n) is 14.7. The number of rotatable bonds is 6. The van der Waals surface area contributed by atoms with Crippen LogP contribution >= 0.6 is 12.4 Å². The minimum Gasteiger partial charge on any atom is -0.457 e. The number of amides is 1. The molecule has 0 bridgehead atoms. The number of anilines is 1. The monoisotopic (exact) mass is 376 g/mol. The van der Waals surface area contributed by atoms with E-state index in [1.165, 1.54) is 19.3 Å². The Morgan fingerprint density at radius 2 is 1.69 bits per heavy atom. The van der Waals surface area contributed by atoms with Gasteiger partial charge in [-0.25, -0.2) is 4.79 Å². The molecule has 140 valence electrons. The van der Waals surface area contributed by atoms with Crippen LogP contribution < -0.4 is 10.1 Å². The molecule has 1 fully saturated rings. The highest BCUT2D eigenvalue weighted by Crippen LogP contribution is 2.23. The van der Waals surface area contributed by atoms with Gasteiger partial charge in [0.25, 0.3) is 0 Å². The normalized spacial score (nSPS) is 14.2. The van der Waals surface area contributed by atoms with Crippen molar-refractivity contribution in [1.82, 2.24) is 4.90 Å². The summed E-state index contributed by atoms with van der Waals surface area (Å²) in [6, 6.07) is 16.8. The fraction of sp³-hybridized carbons (Fsp3) is 0.350. The molecule has 26 heavy (non-hydrogen) atoms. The lowest BCUT2D eigenvalue weighted by molar-refractivity contribution is 0.131. The third-order valence-corrected chi connectivity index (χ3v) is 4.15. The number of piperidine rings is 1. The average Bonchev–Trinajstić information content (AvgIpc) is 2.64. The number of hydrogen-bond donors (Lipinski definition) is 1. The maximum Gasteiger partial charge on any atom is 0.411 e. The third kappa shape index (κ3) is 6.58. The number of nitrogens with zero attached hydrogens (tertiary/aromatic N) is 1. The molecule has 5 nitrogen and oxygen atoms in total. The molecule has 1 saturated heterocycles. The summed E-state index contributed by atoms with van der Waals surface area (Å²) in [5.74, 6) is 1.42. The molecule has 1 aliphatic heterocycles. The minimum absolute atomic E-state index is 0. The quantitative estimate of drug-likeness (QED) is 0.776. The lowest BCUT2D eigenvalue weighted by atomic mass is 10.1. The smallest absolute Gasteiger partial charge is 0.411 e. The van der Waals surface area contributed by atoms with Crippen molar-refractivity contribution < 1.29 is 14.3 Å². The van der Waals surface area contributed by atoms with Gasteiger partial charge in [0, 0.05) is 18.3 Å². The SMILES string of the molecule is Cl.O=C(Nc1cccc(Oc2ccccc2)c1)OCCN1CCCCC1. The number of ether oxygens (including phenoxy) is 2. The number of likely N-dealkylation sites (tertiary alicyclic amines) is 1. The summed E-state index contributed by atoms with van der Waals surface area (Å²) in [6.45, 7) is 3.41. The van der Waals surface area contributed by atoms with E-state index in [1.807, 2.05) is 48.5 Å². The van der Waals surface area contributed by atoms with Crippen LogP contribution in [0, 0.1) is 0 Å². The summed E-state index contributed by atoms with van der Waals surface area (Å²) in [5, 5.41) is 2.75. The Morgan fingerprint density at radius 3 is 2.46 bits per heavy atom. The standard InChI is InChI=1S/C20H24N2O3.ClH/c23-20(24-15-14-22-12-5-2-6-13-22)21-17-8-7-11-19(16-17)25-18-9-3-1-4-10-18;/h1,3-4,7-11,16H,2,5-6,12-15H2,(H,21,23);1H. The van der Waals surface area contributed by atoms with Gasteiger partial charge < -0.3 is 9.47 Å². The first-order chi connectivity index (χ1) is 12.3. The fourth-order valence-electron chi connectivity index (χ4n) is 2.87. The van der Waals surface area contributed by atoms with Gasteiger partial charge in [-0.3, -0.25) is 10.2 Å². The molecule has 3 rings (SSSR count). The van der Waals surface area contributed by atoms with Gasteiger partial charge in [-0.1, -0.05) is 30.7 Å². The van der Waals surface area contributed by atoms with Crippen LogP contribution in [0.25, 0.3) is 0 Å². The highest BCUT2D eigenvalue weighted by Gasteiger charge is 2.11. The van der Waals surface area contributed by atoms with Crippen molar-refractivity contribution in [3.05, 3.63) is 54.6 Å². The van der Waals surface area contributed by atoms with Crippen molar-refractivity contribution >= 4 is 24.2 Å². The molecule has 1 N–H and O–H groups in total. The summed E-state index contributed by atoms with van der Waals surface area (Å²) >= 11 is 0.